The van der Waals surface area contributed by atoms with Gasteiger partial charge in [-0.25, -0.2) is 31.6 Å². The molecule has 1 unspecified atom stereocenters. The average Bonchev–Trinajstić information content (AvgIpc) is 3.21. The molecule has 0 aliphatic heterocycles. The van der Waals surface area contributed by atoms with Crippen LogP contribution in [0, 0.1) is 5.92 Å². The third-order valence-electron chi connectivity index (χ3n) is 6.13. The SMILES string of the molecule is CN(c1cc(-c2cnn(C)c2)ccc1Nc1cc(NC(=O)[C@H]2CC2F)nc2nc(C(F)F)[nH]c12)S(C)(=O)=O. The normalized spacial score (nSPS) is 17.1. The zero-order valence-electron chi connectivity index (χ0n) is 20.4. The van der Waals surface area contributed by atoms with Crippen LogP contribution in [0.2, 0.25) is 0 Å². The van der Waals surface area contributed by atoms with E-state index in [1.54, 1.807) is 42.3 Å². The molecule has 5 rings (SSSR count). The summed E-state index contributed by atoms with van der Waals surface area (Å²) in [6, 6.07) is 6.40. The maximum Gasteiger partial charge on any atom is 0.295 e. The molecule has 11 nitrogen and oxygen atoms in total. The molecule has 4 aromatic rings. The molecule has 15 heteroatoms. The van der Waals surface area contributed by atoms with Crippen molar-refractivity contribution in [3.05, 3.63) is 42.5 Å². The molecule has 0 spiro atoms. The number of alkyl halides is 3. The van der Waals surface area contributed by atoms with Crippen LogP contribution in [0.4, 0.5) is 36.1 Å². The zero-order valence-corrected chi connectivity index (χ0v) is 21.2. The number of hydrogen-bond acceptors (Lipinski definition) is 7. The summed E-state index contributed by atoms with van der Waals surface area (Å²) in [6.45, 7) is 0. The first kappa shape index (κ1) is 25.5. The highest BCUT2D eigenvalue weighted by atomic mass is 32.2. The van der Waals surface area contributed by atoms with E-state index in [0.717, 1.165) is 16.1 Å². The number of nitrogens with one attached hydrogen (secondary N) is 3. The van der Waals surface area contributed by atoms with Crippen LogP contribution in [0.5, 0.6) is 0 Å². The number of carbonyl (C=O) groups is 1. The average molecular weight is 549 g/mol. The maximum atomic E-state index is 13.4. The third-order valence-corrected chi connectivity index (χ3v) is 7.32. The zero-order chi connectivity index (χ0) is 27.4. The number of rotatable bonds is 8. The van der Waals surface area contributed by atoms with Crippen LogP contribution in [-0.4, -0.2) is 58.5 Å². The minimum absolute atomic E-state index is 0.0265. The Balaban J connectivity index is 1.60. The minimum Gasteiger partial charge on any atom is -0.352 e. The van der Waals surface area contributed by atoms with Crippen molar-refractivity contribution in [2.45, 2.75) is 19.0 Å². The summed E-state index contributed by atoms with van der Waals surface area (Å²) in [7, 11) is -0.565. The van der Waals surface area contributed by atoms with Gasteiger partial charge < -0.3 is 15.6 Å². The van der Waals surface area contributed by atoms with Crippen LogP contribution >= 0.6 is 0 Å². The first-order chi connectivity index (χ1) is 17.9. The summed E-state index contributed by atoms with van der Waals surface area (Å²) in [5, 5.41) is 9.71. The predicted octanol–water partition coefficient (Wildman–Crippen LogP) is 3.73. The van der Waals surface area contributed by atoms with E-state index in [4.69, 9.17) is 0 Å². The second kappa shape index (κ2) is 9.31. The number of carbonyl (C=O) groups excluding carboxylic acids is 1. The molecule has 1 fully saturated rings. The number of halogens is 3. The topological polar surface area (TPSA) is 138 Å². The van der Waals surface area contributed by atoms with Gasteiger partial charge in [-0.1, -0.05) is 6.07 Å². The van der Waals surface area contributed by atoms with Crippen molar-refractivity contribution < 1.29 is 26.4 Å². The van der Waals surface area contributed by atoms with E-state index >= 15 is 0 Å². The third kappa shape index (κ3) is 5.01. The highest BCUT2D eigenvalue weighted by Crippen LogP contribution is 2.38. The Morgan fingerprint density at radius 1 is 1.21 bits per heavy atom. The maximum absolute atomic E-state index is 13.4. The number of anilines is 4. The number of imidazole rings is 1. The van der Waals surface area contributed by atoms with Crippen molar-refractivity contribution >= 4 is 50.0 Å². The Morgan fingerprint density at radius 2 is 1.95 bits per heavy atom. The molecule has 1 aromatic carbocycles. The number of hydrogen-bond donors (Lipinski definition) is 3. The molecule has 3 aromatic heterocycles. The van der Waals surface area contributed by atoms with Crippen molar-refractivity contribution in [2.75, 3.05) is 28.2 Å². The van der Waals surface area contributed by atoms with Gasteiger partial charge in [0.1, 0.15) is 17.5 Å². The van der Waals surface area contributed by atoms with Crippen molar-refractivity contribution in [2.24, 2.45) is 13.0 Å². The highest BCUT2D eigenvalue weighted by molar-refractivity contribution is 7.92. The fourth-order valence-electron chi connectivity index (χ4n) is 3.90. The number of aromatic nitrogens is 5. The van der Waals surface area contributed by atoms with Crippen LogP contribution in [0.15, 0.2) is 36.7 Å². The number of H-pyrrole nitrogens is 1. The lowest BCUT2D eigenvalue weighted by Gasteiger charge is -2.22. The molecule has 1 saturated carbocycles. The van der Waals surface area contributed by atoms with Crippen molar-refractivity contribution in [1.29, 1.82) is 0 Å². The molecule has 200 valence electrons. The van der Waals surface area contributed by atoms with Gasteiger partial charge in [0.05, 0.1) is 35.4 Å². The van der Waals surface area contributed by atoms with Crippen molar-refractivity contribution in [1.82, 2.24) is 24.7 Å². The number of sulfonamides is 1. The molecule has 0 saturated heterocycles. The molecule has 1 aliphatic carbocycles. The summed E-state index contributed by atoms with van der Waals surface area (Å²) < 4.78 is 67.7. The van der Waals surface area contributed by atoms with Crippen LogP contribution in [0.25, 0.3) is 22.3 Å². The van der Waals surface area contributed by atoms with E-state index in [-0.39, 0.29) is 34.8 Å². The Labute approximate surface area is 215 Å². The summed E-state index contributed by atoms with van der Waals surface area (Å²) in [6.07, 6.45) is 0.394. The lowest BCUT2D eigenvalue weighted by atomic mass is 10.1. The Kier molecular flexibility index (Phi) is 6.25. The van der Waals surface area contributed by atoms with Gasteiger partial charge in [-0.15, -0.1) is 0 Å². The van der Waals surface area contributed by atoms with E-state index in [1.165, 1.54) is 13.1 Å². The van der Waals surface area contributed by atoms with Crippen LogP contribution in [0.3, 0.4) is 0 Å². The lowest BCUT2D eigenvalue weighted by molar-refractivity contribution is -0.117. The summed E-state index contributed by atoms with van der Waals surface area (Å²) in [5.41, 5.74) is 2.20. The van der Waals surface area contributed by atoms with E-state index in [1.807, 2.05) is 0 Å². The van der Waals surface area contributed by atoms with Gasteiger partial charge in [0.15, 0.2) is 11.5 Å². The molecule has 38 heavy (non-hydrogen) atoms. The summed E-state index contributed by atoms with van der Waals surface area (Å²) >= 11 is 0. The molecule has 3 heterocycles. The number of aryl methyl sites for hydroxylation is 1. The van der Waals surface area contributed by atoms with Gasteiger partial charge >= 0.3 is 0 Å². The van der Waals surface area contributed by atoms with E-state index in [9.17, 15) is 26.4 Å². The number of amides is 1. The largest absolute Gasteiger partial charge is 0.352 e. The van der Waals surface area contributed by atoms with Crippen molar-refractivity contribution in [3.8, 4) is 11.1 Å². The standard InChI is InChI=1S/C23H23F3N8O3S/c1-33-10-12(9-27-33)11-4-5-15(17(6-11)34(2)38(3,36)37)28-16-8-18(30-23(35)13-7-14(13)24)29-21-19(16)31-22(32-21)20(25)26/h4-6,8-10,13-14,20H,7H2,1-3H3,(H3,28,29,30,31,32,35)/t13-,14?/m0/s1. The van der Waals surface area contributed by atoms with Crippen LogP contribution in [-0.2, 0) is 21.9 Å². The van der Waals surface area contributed by atoms with Gasteiger partial charge in [0.25, 0.3) is 6.43 Å². The van der Waals surface area contributed by atoms with Gasteiger partial charge in [-0.3, -0.25) is 13.8 Å². The second-order valence-corrected chi connectivity index (χ2v) is 11.0. The first-order valence-electron chi connectivity index (χ1n) is 11.4. The molecule has 3 N–H and O–H groups in total. The number of fused-ring (bicyclic) bond motifs is 1. The lowest BCUT2D eigenvalue weighted by Crippen LogP contribution is -2.25. The number of benzene rings is 1. The Bertz CT molecular complexity index is 1650. The van der Waals surface area contributed by atoms with Gasteiger partial charge in [-0.05, 0) is 24.1 Å². The molecule has 0 radical (unpaired) electrons. The van der Waals surface area contributed by atoms with Crippen LogP contribution < -0.4 is 14.9 Å². The number of pyridine rings is 1. The molecular weight excluding hydrogens is 525 g/mol. The van der Waals surface area contributed by atoms with Gasteiger partial charge in [-0.2, -0.15) is 5.10 Å². The monoisotopic (exact) mass is 548 g/mol. The number of nitrogens with zero attached hydrogens (tertiary/aromatic N) is 5. The minimum atomic E-state index is -3.70. The first-order valence-corrected chi connectivity index (χ1v) is 13.2. The molecule has 1 amide bonds. The van der Waals surface area contributed by atoms with Crippen LogP contribution in [0.1, 0.15) is 18.7 Å². The number of aromatic amines is 1. The molecule has 1 aliphatic rings. The van der Waals surface area contributed by atoms with Crippen molar-refractivity contribution in [3.63, 3.8) is 0 Å². The van der Waals surface area contributed by atoms with Gasteiger partial charge in [0.2, 0.25) is 15.9 Å². The fraction of sp³-hybridized carbons (Fsp3) is 0.304. The van der Waals surface area contributed by atoms with E-state index < -0.39 is 40.3 Å². The fourth-order valence-corrected chi connectivity index (χ4v) is 4.41. The molecular formula is C23H23F3N8O3S. The smallest absolute Gasteiger partial charge is 0.295 e. The summed E-state index contributed by atoms with van der Waals surface area (Å²) in [5.74, 6) is -2.04. The van der Waals surface area contributed by atoms with E-state index in [2.05, 4.69) is 30.7 Å². The predicted molar refractivity (Wildman–Crippen MR) is 136 cm³/mol. The Morgan fingerprint density at radius 3 is 2.55 bits per heavy atom. The molecule has 0 bridgehead atoms. The van der Waals surface area contributed by atoms with E-state index in [0.29, 0.717) is 11.3 Å². The van der Waals surface area contributed by atoms with Gasteiger partial charge in [0, 0.05) is 31.9 Å². The quantitative estimate of drug-likeness (QED) is 0.305. The summed E-state index contributed by atoms with van der Waals surface area (Å²) in [4.78, 5) is 22.8. The second-order valence-electron chi connectivity index (χ2n) is 9.01. The highest BCUT2D eigenvalue weighted by Gasteiger charge is 2.43. The molecule has 2 atom stereocenters. The Hall–Kier alpha value is -4.14.